The first kappa shape index (κ1) is 21.6. The van der Waals surface area contributed by atoms with Gasteiger partial charge in [0.25, 0.3) is 5.91 Å². The first-order valence-electron chi connectivity index (χ1n) is 9.62. The van der Waals surface area contributed by atoms with Gasteiger partial charge in [-0.15, -0.1) is 0 Å². The van der Waals surface area contributed by atoms with Crippen LogP contribution in [0.25, 0.3) is 0 Å². The smallest absolute Gasteiger partial charge is 0.252 e. The quantitative estimate of drug-likeness (QED) is 0.642. The molecule has 29 heavy (non-hydrogen) atoms. The Balaban J connectivity index is 1.59. The highest BCUT2D eigenvalue weighted by atomic mass is 35.5. The van der Waals surface area contributed by atoms with Crippen molar-refractivity contribution in [2.45, 2.75) is 30.6 Å². The molecule has 2 aromatic carbocycles. The lowest BCUT2D eigenvalue weighted by Crippen LogP contribution is -2.29. The number of benzene rings is 2. The Morgan fingerprint density at radius 2 is 1.83 bits per heavy atom. The van der Waals surface area contributed by atoms with Crippen LogP contribution in [0.2, 0.25) is 5.02 Å². The topological polar surface area (TPSA) is 75.7 Å². The van der Waals surface area contributed by atoms with E-state index < -0.39 is 10.0 Å². The summed E-state index contributed by atoms with van der Waals surface area (Å²) in [5, 5.41) is 3.06. The highest BCUT2D eigenvalue weighted by Gasteiger charge is 2.28. The molecular formula is C21H25ClN2O4S. The van der Waals surface area contributed by atoms with Crippen molar-refractivity contribution in [3.05, 3.63) is 58.6 Å². The standard InChI is InChI=1S/C21H25ClN2O4S/c1-28-17-8-6-16(7-9-17)5-4-12-23-21(25)19-15-18(10-11-20(19)22)29(26,27)24-13-2-3-14-24/h6-11,15H,2-5,12-14H2,1H3,(H,23,25). The van der Waals surface area contributed by atoms with Crippen LogP contribution in [0.15, 0.2) is 47.4 Å². The van der Waals surface area contributed by atoms with Crippen LogP contribution >= 0.6 is 11.6 Å². The maximum absolute atomic E-state index is 12.7. The molecule has 8 heteroatoms. The summed E-state index contributed by atoms with van der Waals surface area (Å²) in [5.41, 5.74) is 1.33. The minimum Gasteiger partial charge on any atom is -0.497 e. The van der Waals surface area contributed by atoms with Crippen LogP contribution in [0.3, 0.4) is 0 Å². The van der Waals surface area contributed by atoms with Crippen molar-refractivity contribution in [2.24, 2.45) is 0 Å². The number of methoxy groups -OCH3 is 1. The van der Waals surface area contributed by atoms with Crippen molar-refractivity contribution in [3.8, 4) is 5.75 Å². The first-order valence-corrected chi connectivity index (χ1v) is 11.4. The average Bonchev–Trinajstić information content (AvgIpc) is 3.27. The van der Waals surface area contributed by atoms with Crippen molar-refractivity contribution in [2.75, 3.05) is 26.7 Å². The van der Waals surface area contributed by atoms with E-state index in [1.807, 2.05) is 24.3 Å². The third-order valence-corrected chi connectivity index (χ3v) is 7.20. The van der Waals surface area contributed by atoms with Gasteiger partial charge in [-0.2, -0.15) is 4.31 Å². The summed E-state index contributed by atoms with van der Waals surface area (Å²) in [6.45, 7) is 1.49. The maximum Gasteiger partial charge on any atom is 0.252 e. The number of hydrogen-bond acceptors (Lipinski definition) is 4. The third kappa shape index (κ3) is 5.29. The molecular weight excluding hydrogens is 412 g/mol. The van der Waals surface area contributed by atoms with Gasteiger partial charge in [0.15, 0.2) is 0 Å². The number of carbonyl (C=O) groups is 1. The molecule has 0 saturated carbocycles. The van der Waals surface area contributed by atoms with Gasteiger partial charge in [-0.3, -0.25) is 4.79 Å². The first-order chi connectivity index (χ1) is 13.9. The number of ether oxygens (including phenoxy) is 1. The zero-order chi connectivity index (χ0) is 20.9. The van der Waals surface area contributed by atoms with Crippen molar-refractivity contribution in [1.29, 1.82) is 0 Å². The van der Waals surface area contributed by atoms with E-state index in [0.29, 0.717) is 19.6 Å². The van der Waals surface area contributed by atoms with Crippen molar-refractivity contribution >= 4 is 27.5 Å². The molecule has 0 unspecified atom stereocenters. The molecule has 1 heterocycles. The number of carbonyl (C=O) groups excluding carboxylic acids is 1. The average molecular weight is 437 g/mol. The number of nitrogens with one attached hydrogen (secondary N) is 1. The molecule has 0 aliphatic carbocycles. The van der Waals surface area contributed by atoms with Gasteiger partial charge in [-0.05, 0) is 61.6 Å². The Labute approximate surface area is 176 Å². The normalized spacial score (nSPS) is 14.7. The molecule has 1 aliphatic rings. The van der Waals surface area contributed by atoms with Crippen molar-refractivity contribution in [1.82, 2.24) is 9.62 Å². The lowest BCUT2D eigenvalue weighted by Gasteiger charge is -2.16. The number of sulfonamides is 1. The minimum absolute atomic E-state index is 0.104. The Hall–Kier alpha value is -2.09. The van der Waals surface area contributed by atoms with Gasteiger partial charge in [-0.1, -0.05) is 23.7 Å². The number of hydrogen-bond donors (Lipinski definition) is 1. The molecule has 0 spiro atoms. The number of halogens is 1. The van der Waals surface area contributed by atoms with Crippen LogP contribution in [0.1, 0.15) is 35.2 Å². The lowest BCUT2D eigenvalue weighted by atomic mass is 10.1. The molecule has 0 atom stereocenters. The molecule has 0 aromatic heterocycles. The Kier molecular flexibility index (Phi) is 7.16. The molecule has 1 saturated heterocycles. The summed E-state index contributed by atoms with van der Waals surface area (Å²) < 4.78 is 32.0. The number of amides is 1. The van der Waals surface area contributed by atoms with E-state index in [9.17, 15) is 13.2 Å². The largest absolute Gasteiger partial charge is 0.497 e. The highest BCUT2D eigenvalue weighted by molar-refractivity contribution is 7.89. The van der Waals surface area contributed by atoms with Gasteiger partial charge >= 0.3 is 0 Å². The van der Waals surface area contributed by atoms with E-state index in [-0.39, 0.29) is 21.4 Å². The molecule has 1 amide bonds. The fraction of sp³-hybridized carbons (Fsp3) is 0.381. The molecule has 1 N–H and O–H groups in total. The van der Waals surface area contributed by atoms with E-state index in [4.69, 9.17) is 16.3 Å². The van der Waals surface area contributed by atoms with Gasteiger partial charge in [0, 0.05) is 19.6 Å². The molecule has 0 bridgehead atoms. The fourth-order valence-corrected chi connectivity index (χ4v) is 5.05. The van der Waals surface area contributed by atoms with E-state index in [1.54, 1.807) is 7.11 Å². The van der Waals surface area contributed by atoms with Crippen LogP contribution < -0.4 is 10.1 Å². The maximum atomic E-state index is 12.7. The van der Waals surface area contributed by atoms with Crippen molar-refractivity contribution in [3.63, 3.8) is 0 Å². The molecule has 1 fully saturated rings. The highest BCUT2D eigenvalue weighted by Crippen LogP contribution is 2.25. The summed E-state index contributed by atoms with van der Waals surface area (Å²) in [4.78, 5) is 12.6. The van der Waals surface area contributed by atoms with Gasteiger partial charge < -0.3 is 10.1 Å². The Bertz CT molecular complexity index is 955. The van der Waals surface area contributed by atoms with E-state index in [2.05, 4.69) is 5.32 Å². The van der Waals surface area contributed by atoms with Crippen LogP contribution in [0.4, 0.5) is 0 Å². The summed E-state index contributed by atoms with van der Waals surface area (Å²) in [6, 6.07) is 12.1. The van der Waals surface area contributed by atoms with Crippen LogP contribution in [-0.4, -0.2) is 45.4 Å². The number of rotatable bonds is 8. The Morgan fingerprint density at radius 3 is 2.48 bits per heavy atom. The second-order valence-electron chi connectivity index (χ2n) is 6.96. The third-order valence-electron chi connectivity index (χ3n) is 4.97. The van der Waals surface area contributed by atoms with Crippen molar-refractivity contribution < 1.29 is 17.9 Å². The summed E-state index contributed by atoms with van der Waals surface area (Å²) in [6.07, 6.45) is 3.27. The number of nitrogens with zero attached hydrogens (tertiary/aromatic N) is 1. The second kappa shape index (κ2) is 9.61. The SMILES string of the molecule is COc1ccc(CCCNC(=O)c2cc(S(=O)(=O)N3CCCC3)ccc2Cl)cc1. The zero-order valence-electron chi connectivity index (χ0n) is 16.4. The summed E-state index contributed by atoms with van der Waals surface area (Å²) in [7, 11) is -1.97. The van der Waals surface area contributed by atoms with Gasteiger partial charge in [0.05, 0.1) is 22.6 Å². The summed E-state index contributed by atoms with van der Waals surface area (Å²) >= 11 is 6.16. The molecule has 3 rings (SSSR count). The van der Waals surface area contributed by atoms with Gasteiger partial charge in [0.1, 0.15) is 5.75 Å². The zero-order valence-corrected chi connectivity index (χ0v) is 17.9. The predicted molar refractivity (Wildman–Crippen MR) is 113 cm³/mol. The summed E-state index contributed by atoms with van der Waals surface area (Å²) in [5.74, 6) is 0.434. The number of aryl methyl sites for hydroxylation is 1. The molecule has 2 aromatic rings. The molecule has 156 valence electrons. The fourth-order valence-electron chi connectivity index (χ4n) is 3.30. The molecule has 6 nitrogen and oxygen atoms in total. The second-order valence-corrected chi connectivity index (χ2v) is 9.31. The van der Waals surface area contributed by atoms with E-state index in [1.165, 1.54) is 22.5 Å². The van der Waals surface area contributed by atoms with Gasteiger partial charge in [-0.25, -0.2) is 8.42 Å². The van der Waals surface area contributed by atoms with Crippen LogP contribution in [-0.2, 0) is 16.4 Å². The Morgan fingerprint density at radius 1 is 1.14 bits per heavy atom. The lowest BCUT2D eigenvalue weighted by molar-refractivity contribution is 0.0953. The van der Waals surface area contributed by atoms with E-state index >= 15 is 0 Å². The van der Waals surface area contributed by atoms with Crippen LogP contribution in [0.5, 0.6) is 5.75 Å². The van der Waals surface area contributed by atoms with Crippen LogP contribution in [0, 0.1) is 0 Å². The predicted octanol–water partition coefficient (Wildman–Crippen LogP) is 3.50. The minimum atomic E-state index is -3.59. The molecule has 1 aliphatic heterocycles. The monoisotopic (exact) mass is 436 g/mol. The molecule has 0 radical (unpaired) electrons. The van der Waals surface area contributed by atoms with E-state index in [0.717, 1.165) is 37.0 Å². The van der Waals surface area contributed by atoms with Gasteiger partial charge in [0.2, 0.25) is 10.0 Å².